The Morgan fingerprint density at radius 3 is 2.60 bits per heavy atom. The quantitative estimate of drug-likeness (QED) is 0.476. The minimum Gasteiger partial charge on any atom is -0.302 e. The lowest BCUT2D eigenvalue weighted by Crippen LogP contribution is -2.29. The lowest BCUT2D eigenvalue weighted by molar-refractivity contribution is 0.168. The average molecular weight is 291 g/mol. The molecule has 1 aliphatic rings. The average Bonchev–Trinajstić information content (AvgIpc) is 1.95. The number of hydrogen-bond donors (Lipinski definition) is 1. The van der Waals surface area contributed by atoms with Crippen molar-refractivity contribution >= 4 is 43.2 Å². The molecule has 1 saturated heterocycles. The van der Waals surface area contributed by atoms with Crippen LogP contribution in [0.2, 0.25) is 0 Å². The van der Waals surface area contributed by atoms with Crippen LogP contribution in [0.4, 0.5) is 0 Å². The molecule has 10 heavy (non-hydrogen) atoms. The Morgan fingerprint density at radius 2 is 2.10 bits per heavy atom. The van der Waals surface area contributed by atoms with Crippen molar-refractivity contribution in [1.29, 1.82) is 0 Å². The lowest BCUT2D eigenvalue weighted by atomic mass is 10.1. The number of nitrogens with zero attached hydrogens (tertiary/aromatic N) is 1. The molecule has 0 saturated carbocycles. The molecule has 0 atom stereocenters. The minimum atomic E-state index is 0.449. The molecular weight excluding hydrogens is 281 g/mol. The second-order valence-corrected chi connectivity index (χ2v) is 4.28. The van der Waals surface area contributed by atoms with Gasteiger partial charge in [-0.15, -0.1) is 0 Å². The van der Waals surface area contributed by atoms with E-state index in [2.05, 4.69) is 34.0 Å². The predicted molar refractivity (Wildman–Crippen MR) is 56.3 cm³/mol. The third kappa shape index (κ3) is 3.17. The maximum atomic E-state index is 5.37. The lowest BCUT2D eigenvalue weighted by Gasteiger charge is -2.26. The number of rotatable bonds is 2. The van der Waals surface area contributed by atoms with Crippen LogP contribution in [0.15, 0.2) is 0 Å². The molecule has 1 aliphatic heterocycles. The smallest absolute Gasteiger partial charge is 0.0757 e. The number of thiol groups is 1. The number of hydrogen-bond acceptors (Lipinski definition) is 4. The zero-order valence-corrected chi connectivity index (χ0v) is 9.36. The van der Waals surface area contributed by atoms with Crippen molar-refractivity contribution in [2.24, 2.45) is 0 Å². The Hall–Kier alpha value is 1.35. The van der Waals surface area contributed by atoms with Gasteiger partial charge in [-0.2, -0.15) is 0 Å². The SMILES string of the molecule is SN1CCC(OSI)CC1. The maximum Gasteiger partial charge on any atom is 0.0757 e. The Morgan fingerprint density at radius 1 is 1.50 bits per heavy atom. The molecule has 0 amide bonds. The van der Waals surface area contributed by atoms with E-state index in [1.165, 1.54) is 9.21 Å². The van der Waals surface area contributed by atoms with Crippen LogP contribution in [0.5, 0.6) is 0 Å². The monoisotopic (exact) mass is 291 g/mol. The minimum absolute atomic E-state index is 0.449. The predicted octanol–water partition coefficient (Wildman–Crippen LogP) is 2.31. The molecule has 0 aromatic carbocycles. The second kappa shape index (κ2) is 5.08. The fourth-order valence-electron chi connectivity index (χ4n) is 0.990. The number of halogens is 1. The van der Waals surface area contributed by atoms with E-state index in [0.717, 1.165) is 25.9 Å². The van der Waals surface area contributed by atoms with Gasteiger partial charge in [0.2, 0.25) is 0 Å². The first-order chi connectivity index (χ1) is 4.83. The number of piperidine rings is 1. The van der Waals surface area contributed by atoms with E-state index in [1.54, 1.807) is 0 Å². The van der Waals surface area contributed by atoms with Crippen LogP contribution in [0, 0.1) is 0 Å². The summed E-state index contributed by atoms with van der Waals surface area (Å²) in [5.74, 6) is 0. The highest BCUT2D eigenvalue weighted by Gasteiger charge is 2.17. The topological polar surface area (TPSA) is 12.5 Å². The van der Waals surface area contributed by atoms with Crippen LogP contribution >= 0.6 is 43.2 Å². The summed E-state index contributed by atoms with van der Waals surface area (Å²) in [5.41, 5.74) is 0. The van der Waals surface area contributed by atoms with E-state index in [9.17, 15) is 0 Å². The molecule has 0 bridgehead atoms. The molecule has 5 heteroatoms. The van der Waals surface area contributed by atoms with Crippen LogP contribution in [0.3, 0.4) is 0 Å². The summed E-state index contributed by atoms with van der Waals surface area (Å²) in [7, 11) is 1.44. The van der Waals surface area contributed by atoms with Crippen LogP contribution in [-0.2, 0) is 4.18 Å². The molecule has 0 spiro atoms. The fourth-order valence-corrected chi connectivity index (χ4v) is 2.40. The molecule has 0 unspecified atom stereocenters. The zero-order valence-electron chi connectivity index (χ0n) is 5.49. The van der Waals surface area contributed by atoms with Crippen molar-refractivity contribution in [3.05, 3.63) is 0 Å². The molecular formula is C5H10INOS2. The summed E-state index contributed by atoms with van der Waals surface area (Å²) in [5, 5.41) is 0. The highest BCUT2D eigenvalue weighted by molar-refractivity contribution is 14.2. The van der Waals surface area contributed by atoms with Gasteiger partial charge in [-0.25, -0.2) is 0 Å². The highest BCUT2D eigenvalue weighted by Crippen LogP contribution is 2.22. The first-order valence-corrected chi connectivity index (χ1v) is 6.89. The third-order valence-electron chi connectivity index (χ3n) is 1.59. The van der Waals surface area contributed by atoms with Gasteiger partial charge >= 0.3 is 0 Å². The molecule has 0 aromatic rings. The van der Waals surface area contributed by atoms with Crippen molar-refractivity contribution < 1.29 is 4.18 Å². The van der Waals surface area contributed by atoms with E-state index >= 15 is 0 Å². The van der Waals surface area contributed by atoms with Gasteiger partial charge in [-0.1, -0.05) is 12.8 Å². The molecule has 2 nitrogen and oxygen atoms in total. The van der Waals surface area contributed by atoms with Crippen molar-refractivity contribution in [3.8, 4) is 0 Å². The van der Waals surface area contributed by atoms with Gasteiger partial charge in [0.1, 0.15) is 0 Å². The molecule has 0 aliphatic carbocycles. The van der Waals surface area contributed by atoms with E-state index < -0.39 is 0 Å². The Balaban J connectivity index is 2.13. The molecule has 1 fully saturated rings. The Bertz CT molecular complexity index is 97.6. The normalized spacial score (nSPS) is 23.4. The molecule has 1 rings (SSSR count). The summed E-state index contributed by atoms with van der Waals surface area (Å²) >= 11 is 6.40. The van der Waals surface area contributed by atoms with Crippen molar-refractivity contribution in [1.82, 2.24) is 4.31 Å². The first kappa shape index (κ1) is 9.44. The summed E-state index contributed by atoms with van der Waals surface area (Å²) in [6.45, 7) is 2.09. The van der Waals surface area contributed by atoms with Crippen molar-refractivity contribution in [2.75, 3.05) is 13.1 Å². The summed E-state index contributed by atoms with van der Waals surface area (Å²) in [4.78, 5) is 0. The van der Waals surface area contributed by atoms with E-state index in [0.29, 0.717) is 6.10 Å². The van der Waals surface area contributed by atoms with Gasteiger partial charge in [-0.3, -0.25) is 4.31 Å². The molecule has 0 N–H and O–H groups in total. The largest absolute Gasteiger partial charge is 0.302 e. The second-order valence-electron chi connectivity index (χ2n) is 2.31. The summed E-state index contributed by atoms with van der Waals surface area (Å²) in [6.07, 6.45) is 2.67. The van der Waals surface area contributed by atoms with Crippen LogP contribution in [-0.4, -0.2) is 23.5 Å². The van der Waals surface area contributed by atoms with Crippen LogP contribution in [0.25, 0.3) is 0 Å². The summed E-state index contributed by atoms with van der Waals surface area (Å²) in [6, 6.07) is 0. The fraction of sp³-hybridized carbons (Fsp3) is 1.00. The van der Waals surface area contributed by atoms with Gasteiger partial charge in [0.25, 0.3) is 0 Å². The van der Waals surface area contributed by atoms with Gasteiger partial charge in [0, 0.05) is 34.3 Å². The molecule has 60 valence electrons. The van der Waals surface area contributed by atoms with E-state index in [-0.39, 0.29) is 0 Å². The van der Waals surface area contributed by atoms with Crippen LogP contribution in [0.1, 0.15) is 12.8 Å². The van der Waals surface area contributed by atoms with E-state index in [1.807, 2.05) is 4.31 Å². The third-order valence-corrected chi connectivity index (χ3v) is 2.96. The van der Waals surface area contributed by atoms with Crippen molar-refractivity contribution in [3.63, 3.8) is 0 Å². The molecule has 0 radical (unpaired) electrons. The highest BCUT2D eigenvalue weighted by atomic mass is 127. The molecule has 0 aromatic heterocycles. The standard InChI is InChI=1S/C5H10INOS2/c6-10-8-5-1-3-7(9)4-2-5/h5,9H,1-4H2. The van der Waals surface area contributed by atoms with Crippen LogP contribution < -0.4 is 0 Å². The maximum absolute atomic E-state index is 5.37. The van der Waals surface area contributed by atoms with Crippen molar-refractivity contribution in [2.45, 2.75) is 18.9 Å². The van der Waals surface area contributed by atoms with Gasteiger partial charge in [0.05, 0.1) is 15.3 Å². The first-order valence-electron chi connectivity index (χ1n) is 3.21. The summed E-state index contributed by atoms with van der Waals surface area (Å²) < 4.78 is 7.41. The van der Waals surface area contributed by atoms with Gasteiger partial charge in [0.15, 0.2) is 0 Å². The Labute approximate surface area is 83.4 Å². The molecule has 1 heterocycles. The Kier molecular flexibility index (Phi) is 4.79. The zero-order chi connectivity index (χ0) is 7.40. The van der Waals surface area contributed by atoms with Gasteiger partial charge < -0.3 is 4.18 Å². The van der Waals surface area contributed by atoms with E-state index in [4.69, 9.17) is 4.18 Å². The van der Waals surface area contributed by atoms with Gasteiger partial charge in [-0.05, 0) is 12.8 Å².